The van der Waals surface area contributed by atoms with Crippen LogP contribution in [-0.4, -0.2) is 24.3 Å². The second-order valence-electron chi connectivity index (χ2n) is 4.35. The number of hydrogen-bond donors (Lipinski definition) is 1. The minimum Gasteiger partial charge on any atom is -0.481 e. The molecule has 0 radical (unpaired) electrons. The molecular formula is C13H15BrO3. The summed E-state index contributed by atoms with van der Waals surface area (Å²) in [6.45, 7) is 1.30. The Morgan fingerprint density at radius 2 is 2.35 bits per heavy atom. The van der Waals surface area contributed by atoms with Crippen LogP contribution in [0.4, 0.5) is 0 Å². The molecule has 0 aliphatic carbocycles. The Kier molecular flexibility index (Phi) is 4.18. The highest BCUT2D eigenvalue weighted by atomic mass is 79.9. The first-order valence-corrected chi connectivity index (χ1v) is 6.54. The van der Waals surface area contributed by atoms with Crippen molar-refractivity contribution in [2.45, 2.75) is 18.8 Å². The van der Waals surface area contributed by atoms with Crippen molar-refractivity contribution in [1.29, 1.82) is 0 Å². The zero-order valence-corrected chi connectivity index (χ0v) is 11.0. The molecule has 1 N–H and O–H groups in total. The van der Waals surface area contributed by atoms with Crippen LogP contribution in [0.5, 0.6) is 0 Å². The normalized spacial score (nSPS) is 22.1. The summed E-state index contributed by atoms with van der Waals surface area (Å²) in [4.78, 5) is 11.4. The minimum atomic E-state index is -0.765. The molecular weight excluding hydrogens is 284 g/mol. The highest BCUT2D eigenvalue weighted by Crippen LogP contribution is 2.32. The van der Waals surface area contributed by atoms with Gasteiger partial charge in [-0.2, -0.15) is 0 Å². The first kappa shape index (κ1) is 12.6. The summed E-state index contributed by atoms with van der Waals surface area (Å²) in [7, 11) is 0. The van der Waals surface area contributed by atoms with E-state index in [4.69, 9.17) is 4.74 Å². The van der Waals surface area contributed by atoms with E-state index >= 15 is 0 Å². The van der Waals surface area contributed by atoms with Gasteiger partial charge in [0.05, 0.1) is 12.5 Å². The van der Waals surface area contributed by atoms with E-state index in [0.29, 0.717) is 6.61 Å². The van der Waals surface area contributed by atoms with Crippen LogP contribution in [0.2, 0.25) is 0 Å². The van der Waals surface area contributed by atoms with Gasteiger partial charge in [0, 0.05) is 11.1 Å². The summed E-state index contributed by atoms with van der Waals surface area (Å²) in [6.07, 6.45) is 1.87. The van der Waals surface area contributed by atoms with Gasteiger partial charge >= 0.3 is 5.97 Å². The van der Waals surface area contributed by atoms with Crippen LogP contribution in [0, 0.1) is 5.92 Å². The molecule has 0 amide bonds. The molecule has 2 atom stereocenters. The number of carboxylic acid groups (broad SMARTS) is 1. The Bertz CT molecular complexity index is 399. The van der Waals surface area contributed by atoms with Crippen molar-refractivity contribution in [2.24, 2.45) is 5.92 Å². The van der Waals surface area contributed by atoms with Crippen LogP contribution >= 0.6 is 15.9 Å². The van der Waals surface area contributed by atoms with Gasteiger partial charge in [0.1, 0.15) is 0 Å². The molecule has 0 saturated carbocycles. The van der Waals surface area contributed by atoms with Crippen LogP contribution in [-0.2, 0) is 9.53 Å². The van der Waals surface area contributed by atoms with Crippen LogP contribution in [0.1, 0.15) is 24.3 Å². The molecule has 2 rings (SSSR count). The third kappa shape index (κ3) is 3.07. The summed E-state index contributed by atoms with van der Waals surface area (Å²) >= 11 is 3.38. The molecule has 1 heterocycles. The third-order valence-electron chi connectivity index (χ3n) is 3.14. The van der Waals surface area contributed by atoms with Crippen molar-refractivity contribution in [3.63, 3.8) is 0 Å². The predicted molar refractivity (Wildman–Crippen MR) is 68.1 cm³/mol. The number of hydrogen-bond acceptors (Lipinski definition) is 2. The predicted octanol–water partition coefficient (Wildman–Crippen LogP) is 3.04. The lowest BCUT2D eigenvalue weighted by molar-refractivity contribution is -0.141. The Hall–Kier alpha value is -0.870. The molecule has 3 nitrogen and oxygen atoms in total. The van der Waals surface area contributed by atoms with Crippen LogP contribution in [0.15, 0.2) is 28.7 Å². The molecule has 1 aliphatic heterocycles. The minimum absolute atomic E-state index is 0.0792. The molecule has 1 aromatic carbocycles. The fourth-order valence-corrected chi connectivity index (χ4v) is 2.76. The van der Waals surface area contributed by atoms with Crippen molar-refractivity contribution in [3.8, 4) is 0 Å². The van der Waals surface area contributed by atoms with Gasteiger partial charge in [-0.15, -0.1) is 0 Å². The van der Waals surface area contributed by atoms with E-state index in [9.17, 15) is 9.90 Å². The summed E-state index contributed by atoms with van der Waals surface area (Å²) in [5.74, 6) is -1.15. The van der Waals surface area contributed by atoms with Crippen molar-refractivity contribution < 1.29 is 14.6 Å². The molecule has 2 unspecified atom stereocenters. The maximum Gasteiger partial charge on any atom is 0.311 e. The van der Waals surface area contributed by atoms with Gasteiger partial charge in [-0.3, -0.25) is 4.79 Å². The average molecular weight is 299 g/mol. The fourth-order valence-electron chi connectivity index (χ4n) is 2.34. The summed E-state index contributed by atoms with van der Waals surface area (Å²) in [6, 6.07) is 7.53. The zero-order valence-electron chi connectivity index (χ0n) is 9.43. The number of carboxylic acids is 1. The van der Waals surface area contributed by atoms with E-state index in [1.807, 2.05) is 24.3 Å². The lowest BCUT2D eigenvalue weighted by Crippen LogP contribution is -2.28. The zero-order chi connectivity index (χ0) is 12.3. The van der Waals surface area contributed by atoms with Crippen molar-refractivity contribution in [1.82, 2.24) is 0 Å². The standard InChI is InChI=1S/C13H15BrO3/c14-11-5-1-3-9(7-11)12(13(15)16)10-4-2-6-17-8-10/h1,3,5,7,10,12H,2,4,6,8H2,(H,15,16). The van der Waals surface area contributed by atoms with Gasteiger partial charge in [-0.25, -0.2) is 0 Å². The summed E-state index contributed by atoms with van der Waals surface area (Å²) in [5.41, 5.74) is 0.849. The lowest BCUT2D eigenvalue weighted by atomic mass is 9.83. The highest BCUT2D eigenvalue weighted by molar-refractivity contribution is 9.10. The van der Waals surface area contributed by atoms with E-state index in [2.05, 4.69) is 15.9 Å². The fraction of sp³-hybridized carbons (Fsp3) is 0.462. The average Bonchev–Trinajstić information content (AvgIpc) is 2.30. The number of halogens is 1. The summed E-state index contributed by atoms with van der Waals surface area (Å²) in [5, 5.41) is 9.40. The molecule has 17 heavy (non-hydrogen) atoms. The van der Waals surface area contributed by atoms with E-state index in [0.717, 1.165) is 29.5 Å². The highest BCUT2D eigenvalue weighted by Gasteiger charge is 2.31. The Labute approximate surface area is 109 Å². The summed E-state index contributed by atoms with van der Waals surface area (Å²) < 4.78 is 6.30. The number of ether oxygens (including phenoxy) is 1. The number of aliphatic carboxylic acids is 1. The van der Waals surface area contributed by atoms with Crippen molar-refractivity contribution in [2.75, 3.05) is 13.2 Å². The first-order valence-electron chi connectivity index (χ1n) is 5.74. The maximum atomic E-state index is 11.4. The van der Waals surface area contributed by atoms with E-state index in [1.54, 1.807) is 0 Å². The van der Waals surface area contributed by atoms with Crippen LogP contribution in [0.25, 0.3) is 0 Å². The number of benzene rings is 1. The van der Waals surface area contributed by atoms with Crippen molar-refractivity contribution in [3.05, 3.63) is 34.3 Å². The molecule has 4 heteroatoms. The molecule has 0 spiro atoms. The molecule has 0 aromatic heterocycles. The molecule has 1 aromatic rings. The van der Waals surface area contributed by atoms with E-state index in [-0.39, 0.29) is 5.92 Å². The number of rotatable bonds is 3. The van der Waals surface area contributed by atoms with Crippen LogP contribution < -0.4 is 0 Å². The van der Waals surface area contributed by atoms with Crippen molar-refractivity contribution >= 4 is 21.9 Å². The third-order valence-corrected chi connectivity index (χ3v) is 3.63. The Morgan fingerprint density at radius 1 is 1.53 bits per heavy atom. The SMILES string of the molecule is O=C(O)C(c1cccc(Br)c1)C1CCCOC1. The second kappa shape index (κ2) is 5.65. The molecule has 1 saturated heterocycles. The van der Waals surface area contributed by atoms with E-state index in [1.165, 1.54) is 0 Å². The van der Waals surface area contributed by atoms with Gasteiger partial charge in [0.15, 0.2) is 0 Å². The quantitative estimate of drug-likeness (QED) is 0.933. The largest absolute Gasteiger partial charge is 0.481 e. The van der Waals surface area contributed by atoms with Crippen LogP contribution in [0.3, 0.4) is 0 Å². The molecule has 1 fully saturated rings. The monoisotopic (exact) mass is 298 g/mol. The van der Waals surface area contributed by atoms with Gasteiger partial charge in [-0.05, 0) is 36.5 Å². The molecule has 92 valence electrons. The first-order chi connectivity index (χ1) is 8.18. The smallest absolute Gasteiger partial charge is 0.311 e. The lowest BCUT2D eigenvalue weighted by Gasteiger charge is -2.27. The Morgan fingerprint density at radius 3 is 2.94 bits per heavy atom. The van der Waals surface area contributed by atoms with Gasteiger partial charge < -0.3 is 9.84 Å². The Balaban J connectivity index is 2.25. The maximum absolute atomic E-state index is 11.4. The van der Waals surface area contributed by atoms with Gasteiger partial charge in [0.25, 0.3) is 0 Å². The van der Waals surface area contributed by atoms with Gasteiger partial charge in [-0.1, -0.05) is 28.1 Å². The van der Waals surface area contributed by atoms with E-state index < -0.39 is 11.9 Å². The topological polar surface area (TPSA) is 46.5 Å². The molecule has 1 aliphatic rings. The second-order valence-corrected chi connectivity index (χ2v) is 5.26. The van der Waals surface area contributed by atoms with Gasteiger partial charge in [0.2, 0.25) is 0 Å². The molecule has 0 bridgehead atoms. The number of carbonyl (C=O) groups is 1.